The van der Waals surface area contributed by atoms with E-state index in [0.717, 1.165) is 35.7 Å². The molecular weight excluding hydrogens is 432 g/mol. The largest absolute Gasteiger partial charge is 0.465 e. The summed E-state index contributed by atoms with van der Waals surface area (Å²) in [5.41, 5.74) is 2.34. The van der Waals surface area contributed by atoms with Gasteiger partial charge in [0.2, 0.25) is 5.91 Å². The van der Waals surface area contributed by atoms with Crippen LogP contribution in [0.3, 0.4) is 0 Å². The van der Waals surface area contributed by atoms with Gasteiger partial charge in [-0.3, -0.25) is 4.79 Å². The van der Waals surface area contributed by atoms with E-state index in [9.17, 15) is 9.59 Å². The lowest BCUT2D eigenvalue weighted by Crippen LogP contribution is -2.37. The summed E-state index contributed by atoms with van der Waals surface area (Å²) in [6, 6.07) is 18.4. The monoisotopic (exact) mass is 458 g/mol. The molecule has 2 aromatic rings. The van der Waals surface area contributed by atoms with E-state index in [0.29, 0.717) is 19.0 Å². The Bertz CT molecular complexity index is 820. The average molecular weight is 459 g/mol. The van der Waals surface area contributed by atoms with Crippen LogP contribution >= 0.6 is 15.9 Å². The van der Waals surface area contributed by atoms with E-state index in [-0.39, 0.29) is 17.7 Å². The third-order valence-corrected chi connectivity index (χ3v) is 6.19. The van der Waals surface area contributed by atoms with Gasteiger partial charge in [0, 0.05) is 29.4 Å². The third kappa shape index (κ3) is 6.32. The maximum atomic E-state index is 12.8. The van der Waals surface area contributed by atoms with Crippen LogP contribution in [-0.4, -0.2) is 30.2 Å². The number of hydrogen-bond acceptors (Lipinski definition) is 2. The first-order valence-corrected chi connectivity index (χ1v) is 10.9. The van der Waals surface area contributed by atoms with Crippen LogP contribution < -0.4 is 10.6 Å². The summed E-state index contributed by atoms with van der Waals surface area (Å²) in [6.07, 6.45) is 2.40. The fraction of sp³-hybridized carbons (Fsp3) is 0.391. The number of halogens is 1. The van der Waals surface area contributed by atoms with Crippen LogP contribution in [0, 0.1) is 11.8 Å². The Labute approximate surface area is 180 Å². The van der Waals surface area contributed by atoms with Gasteiger partial charge in [-0.1, -0.05) is 58.4 Å². The highest BCUT2D eigenvalue weighted by Crippen LogP contribution is 2.30. The number of carbonyl (C=O) groups is 2. The van der Waals surface area contributed by atoms with Crippen LogP contribution in [0.15, 0.2) is 59.1 Å². The predicted octanol–water partition coefficient (Wildman–Crippen LogP) is 4.77. The molecule has 2 aromatic carbocycles. The zero-order valence-corrected chi connectivity index (χ0v) is 17.9. The molecule has 1 fully saturated rings. The number of nitrogens with one attached hydrogen (secondary N) is 2. The summed E-state index contributed by atoms with van der Waals surface area (Å²) in [7, 11) is 0. The highest BCUT2D eigenvalue weighted by atomic mass is 79.9. The van der Waals surface area contributed by atoms with E-state index in [2.05, 4.69) is 50.8 Å². The number of hydrogen-bond donors (Lipinski definition) is 3. The van der Waals surface area contributed by atoms with Crippen molar-refractivity contribution in [1.82, 2.24) is 10.6 Å². The molecule has 0 radical (unpaired) electrons. The molecule has 1 saturated carbocycles. The lowest BCUT2D eigenvalue weighted by atomic mass is 9.81. The first kappa shape index (κ1) is 21.4. The van der Waals surface area contributed by atoms with E-state index < -0.39 is 6.09 Å². The summed E-state index contributed by atoms with van der Waals surface area (Å²) < 4.78 is 1.02. The maximum Gasteiger partial charge on any atom is 0.404 e. The van der Waals surface area contributed by atoms with Gasteiger partial charge >= 0.3 is 6.09 Å². The molecule has 3 rings (SSSR count). The van der Waals surface area contributed by atoms with Gasteiger partial charge in [0.15, 0.2) is 0 Å². The standard InChI is InChI=1S/C23H27BrN2O3/c24-20-8-4-7-19(13-20)21(17-5-2-1-3-6-17)15-25-22(27)18-11-9-16(10-12-18)14-26-23(28)29/h1-8,13,16,18,21,26H,9-12,14-15H2,(H,25,27)(H,28,29). The number of carboxylic acid groups (broad SMARTS) is 1. The smallest absolute Gasteiger partial charge is 0.404 e. The van der Waals surface area contributed by atoms with Gasteiger partial charge in [-0.25, -0.2) is 4.79 Å². The number of carbonyl (C=O) groups excluding carboxylic acids is 1. The first-order valence-electron chi connectivity index (χ1n) is 10.1. The van der Waals surface area contributed by atoms with Gasteiger partial charge in [0.05, 0.1) is 0 Å². The van der Waals surface area contributed by atoms with Gasteiger partial charge in [-0.05, 0) is 54.9 Å². The zero-order chi connectivity index (χ0) is 20.6. The molecule has 5 nitrogen and oxygen atoms in total. The van der Waals surface area contributed by atoms with Gasteiger partial charge < -0.3 is 15.7 Å². The number of rotatable bonds is 7. The van der Waals surface area contributed by atoms with Crippen LogP contribution in [0.25, 0.3) is 0 Å². The van der Waals surface area contributed by atoms with Gasteiger partial charge in [-0.15, -0.1) is 0 Å². The van der Waals surface area contributed by atoms with E-state index in [1.54, 1.807) is 0 Å². The van der Waals surface area contributed by atoms with E-state index >= 15 is 0 Å². The molecule has 3 N–H and O–H groups in total. The lowest BCUT2D eigenvalue weighted by Gasteiger charge is -2.28. The van der Waals surface area contributed by atoms with Crippen LogP contribution in [-0.2, 0) is 4.79 Å². The molecule has 0 heterocycles. The van der Waals surface area contributed by atoms with Crippen LogP contribution in [0.5, 0.6) is 0 Å². The Hall–Kier alpha value is -2.34. The molecule has 1 unspecified atom stereocenters. The Morgan fingerprint density at radius 3 is 2.31 bits per heavy atom. The predicted molar refractivity (Wildman–Crippen MR) is 117 cm³/mol. The summed E-state index contributed by atoms with van der Waals surface area (Å²) in [6.45, 7) is 1.03. The molecule has 0 aromatic heterocycles. The Balaban J connectivity index is 1.58. The Morgan fingerprint density at radius 1 is 0.966 bits per heavy atom. The molecular formula is C23H27BrN2O3. The Kier molecular flexibility index (Phi) is 7.69. The van der Waals surface area contributed by atoms with E-state index in [4.69, 9.17) is 5.11 Å². The fourth-order valence-electron chi connectivity index (χ4n) is 4.04. The van der Waals surface area contributed by atoms with Crippen molar-refractivity contribution < 1.29 is 14.7 Å². The van der Waals surface area contributed by atoms with Crippen LogP contribution in [0.4, 0.5) is 4.79 Å². The molecule has 0 aliphatic heterocycles. The fourth-order valence-corrected chi connectivity index (χ4v) is 4.46. The molecule has 0 saturated heterocycles. The molecule has 2 amide bonds. The van der Waals surface area contributed by atoms with E-state index in [1.807, 2.05) is 30.3 Å². The van der Waals surface area contributed by atoms with Crippen molar-refractivity contribution in [1.29, 1.82) is 0 Å². The normalized spacial score (nSPS) is 19.9. The summed E-state index contributed by atoms with van der Waals surface area (Å²) >= 11 is 3.54. The summed E-state index contributed by atoms with van der Waals surface area (Å²) in [4.78, 5) is 23.4. The van der Waals surface area contributed by atoms with Crippen molar-refractivity contribution in [2.75, 3.05) is 13.1 Å². The zero-order valence-electron chi connectivity index (χ0n) is 16.3. The van der Waals surface area contributed by atoms with Crippen LogP contribution in [0.2, 0.25) is 0 Å². The second kappa shape index (κ2) is 10.4. The Morgan fingerprint density at radius 2 is 1.66 bits per heavy atom. The SMILES string of the molecule is O=C(O)NCC1CCC(C(=O)NCC(c2ccccc2)c2cccc(Br)c2)CC1. The highest BCUT2D eigenvalue weighted by Gasteiger charge is 2.27. The van der Waals surface area contributed by atoms with Crippen molar-refractivity contribution in [3.63, 3.8) is 0 Å². The molecule has 29 heavy (non-hydrogen) atoms. The van der Waals surface area contributed by atoms with E-state index in [1.165, 1.54) is 5.56 Å². The van der Waals surface area contributed by atoms with Gasteiger partial charge in [0.1, 0.15) is 0 Å². The quantitative estimate of drug-likeness (QED) is 0.558. The second-order valence-corrected chi connectivity index (χ2v) is 8.58. The van der Waals surface area contributed by atoms with Crippen molar-refractivity contribution in [2.24, 2.45) is 11.8 Å². The molecule has 0 spiro atoms. The molecule has 1 aliphatic rings. The molecule has 6 heteroatoms. The summed E-state index contributed by atoms with van der Waals surface area (Å²) in [5, 5.41) is 14.4. The van der Waals surface area contributed by atoms with Crippen molar-refractivity contribution in [3.05, 3.63) is 70.2 Å². The van der Waals surface area contributed by atoms with Crippen molar-refractivity contribution in [2.45, 2.75) is 31.6 Å². The molecule has 1 aliphatic carbocycles. The number of amides is 2. The average Bonchev–Trinajstić information content (AvgIpc) is 2.73. The minimum atomic E-state index is -0.982. The molecule has 154 valence electrons. The maximum absolute atomic E-state index is 12.8. The van der Waals surface area contributed by atoms with Crippen LogP contribution in [0.1, 0.15) is 42.7 Å². The lowest BCUT2D eigenvalue weighted by molar-refractivity contribution is -0.126. The highest BCUT2D eigenvalue weighted by molar-refractivity contribution is 9.10. The molecule has 0 bridgehead atoms. The first-order chi connectivity index (χ1) is 14.0. The minimum Gasteiger partial charge on any atom is -0.465 e. The van der Waals surface area contributed by atoms with Gasteiger partial charge in [0.25, 0.3) is 0 Å². The topological polar surface area (TPSA) is 78.4 Å². The second-order valence-electron chi connectivity index (χ2n) is 7.67. The minimum absolute atomic E-state index is 0.00927. The molecule has 1 atom stereocenters. The summed E-state index contributed by atoms with van der Waals surface area (Å²) in [5.74, 6) is 0.531. The van der Waals surface area contributed by atoms with Gasteiger partial charge in [-0.2, -0.15) is 0 Å². The number of benzene rings is 2. The third-order valence-electron chi connectivity index (χ3n) is 5.69. The van der Waals surface area contributed by atoms with Crippen molar-refractivity contribution in [3.8, 4) is 0 Å². The van der Waals surface area contributed by atoms with Crippen molar-refractivity contribution >= 4 is 27.9 Å².